The van der Waals surface area contributed by atoms with Crippen molar-refractivity contribution in [1.29, 1.82) is 0 Å². The summed E-state index contributed by atoms with van der Waals surface area (Å²) in [6.07, 6.45) is 1.07. The lowest BCUT2D eigenvalue weighted by atomic mass is 10.1. The number of fused-ring (bicyclic) bond motifs is 1. The number of rotatable bonds is 7. The van der Waals surface area contributed by atoms with Crippen LogP contribution in [0, 0.1) is 12.8 Å². The molecule has 1 unspecified atom stereocenters. The molecule has 7 nitrogen and oxygen atoms in total. The van der Waals surface area contributed by atoms with Gasteiger partial charge in [0.1, 0.15) is 5.75 Å². The van der Waals surface area contributed by atoms with E-state index in [4.69, 9.17) is 18.9 Å². The highest BCUT2D eigenvalue weighted by molar-refractivity contribution is 14.0. The molecule has 0 radical (unpaired) electrons. The predicted molar refractivity (Wildman–Crippen MR) is 131 cm³/mol. The summed E-state index contributed by atoms with van der Waals surface area (Å²) in [5.74, 6) is 3.69. The van der Waals surface area contributed by atoms with Gasteiger partial charge in [0.25, 0.3) is 0 Å². The van der Waals surface area contributed by atoms with Gasteiger partial charge in [-0.15, -0.1) is 24.0 Å². The van der Waals surface area contributed by atoms with Crippen molar-refractivity contribution >= 4 is 29.9 Å². The Morgan fingerprint density at radius 3 is 2.74 bits per heavy atom. The smallest absolute Gasteiger partial charge is 0.231 e. The summed E-state index contributed by atoms with van der Waals surface area (Å²) in [5.41, 5.74) is 3.38. The minimum absolute atomic E-state index is 0. The monoisotopic (exact) mass is 539 g/mol. The van der Waals surface area contributed by atoms with Crippen molar-refractivity contribution in [2.24, 2.45) is 10.9 Å². The van der Waals surface area contributed by atoms with E-state index in [1.54, 1.807) is 7.05 Å². The second-order valence-electron chi connectivity index (χ2n) is 7.62. The molecule has 0 aromatic heterocycles. The van der Waals surface area contributed by atoms with Crippen LogP contribution in [-0.4, -0.2) is 39.6 Å². The van der Waals surface area contributed by atoms with Gasteiger partial charge in [-0.05, 0) is 42.7 Å². The fraction of sp³-hybridized carbons (Fsp3) is 0.435. The van der Waals surface area contributed by atoms with Crippen LogP contribution < -0.4 is 24.8 Å². The Morgan fingerprint density at radius 2 is 1.94 bits per heavy atom. The van der Waals surface area contributed by atoms with Crippen molar-refractivity contribution in [1.82, 2.24) is 10.6 Å². The van der Waals surface area contributed by atoms with Crippen LogP contribution in [-0.2, 0) is 17.8 Å². The Kier molecular flexibility index (Phi) is 8.65. The number of hydrogen-bond donors (Lipinski definition) is 2. The van der Waals surface area contributed by atoms with E-state index >= 15 is 0 Å². The van der Waals surface area contributed by atoms with Gasteiger partial charge in [-0.1, -0.05) is 18.2 Å². The summed E-state index contributed by atoms with van der Waals surface area (Å²) in [6.45, 7) is 5.93. The van der Waals surface area contributed by atoms with E-state index in [0.717, 1.165) is 54.0 Å². The summed E-state index contributed by atoms with van der Waals surface area (Å²) in [6, 6.07) is 12.2. The van der Waals surface area contributed by atoms with Gasteiger partial charge >= 0.3 is 0 Å². The summed E-state index contributed by atoms with van der Waals surface area (Å²) in [4.78, 5) is 4.33. The molecule has 1 saturated heterocycles. The molecule has 0 saturated carbocycles. The Morgan fingerprint density at radius 1 is 1.10 bits per heavy atom. The normalized spacial score (nSPS) is 17.2. The first kappa shape index (κ1) is 23.5. The average molecular weight is 539 g/mol. The number of aryl methyl sites for hydroxylation is 1. The number of benzene rings is 2. The van der Waals surface area contributed by atoms with Crippen molar-refractivity contribution in [3.63, 3.8) is 0 Å². The zero-order valence-electron chi connectivity index (χ0n) is 18.0. The fourth-order valence-corrected chi connectivity index (χ4v) is 3.50. The number of hydrogen-bond acceptors (Lipinski definition) is 5. The third-order valence-electron chi connectivity index (χ3n) is 5.29. The standard InChI is InChI=1S/C23H29N3O4.HI/c1-16-3-5-19(21(9-16)28-14-18-7-8-27-13-18)12-26-23(24-2)25-11-17-4-6-20-22(10-17)30-15-29-20;/h3-6,9-10,18H,7-8,11-15H2,1-2H3,(H2,24,25,26);1H. The Labute approximate surface area is 200 Å². The Balaban J connectivity index is 0.00000272. The molecular formula is C23H30IN3O4. The molecule has 31 heavy (non-hydrogen) atoms. The largest absolute Gasteiger partial charge is 0.493 e. The topological polar surface area (TPSA) is 73.3 Å². The molecule has 0 amide bonds. The van der Waals surface area contributed by atoms with E-state index in [1.165, 1.54) is 5.56 Å². The van der Waals surface area contributed by atoms with E-state index in [9.17, 15) is 0 Å². The summed E-state index contributed by atoms with van der Waals surface area (Å²) < 4.78 is 22.4. The van der Waals surface area contributed by atoms with Crippen molar-refractivity contribution in [3.05, 3.63) is 53.1 Å². The van der Waals surface area contributed by atoms with E-state index < -0.39 is 0 Å². The first-order valence-corrected chi connectivity index (χ1v) is 10.3. The van der Waals surface area contributed by atoms with Gasteiger partial charge in [-0.2, -0.15) is 0 Å². The number of ether oxygens (including phenoxy) is 4. The van der Waals surface area contributed by atoms with Crippen molar-refractivity contribution in [2.75, 3.05) is 33.7 Å². The quantitative estimate of drug-likeness (QED) is 0.318. The molecule has 1 fully saturated rings. The maximum absolute atomic E-state index is 6.13. The van der Waals surface area contributed by atoms with Gasteiger partial charge in [-0.3, -0.25) is 4.99 Å². The van der Waals surface area contributed by atoms with Crippen LogP contribution in [0.1, 0.15) is 23.1 Å². The fourth-order valence-electron chi connectivity index (χ4n) is 3.50. The van der Waals surface area contributed by atoms with E-state index in [1.807, 2.05) is 18.2 Å². The third kappa shape index (κ3) is 6.39. The Hall–Kier alpha value is -2.20. The maximum atomic E-state index is 6.13. The van der Waals surface area contributed by atoms with Gasteiger partial charge in [0.2, 0.25) is 6.79 Å². The van der Waals surface area contributed by atoms with Gasteiger partial charge < -0.3 is 29.6 Å². The molecule has 2 aromatic rings. The van der Waals surface area contributed by atoms with Gasteiger partial charge in [0.05, 0.1) is 13.2 Å². The number of aliphatic imine (C=N–C) groups is 1. The molecule has 0 spiro atoms. The molecule has 2 aromatic carbocycles. The highest BCUT2D eigenvalue weighted by Crippen LogP contribution is 2.32. The average Bonchev–Trinajstić information content (AvgIpc) is 3.45. The van der Waals surface area contributed by atoms with Crippen molar-refractivity contribution in [3.8, 4) is 17.2 Å². The van der Waals surface area contributed by atoms with Gasteiger partial charge in [0.15, 0.2) is 17.5 Å². The van der Waals surface area contributed by atoms with Crippen LogP contribution in [0.2, 0.25) is 0 Å². The molecule has 0 aliphatic carbocycles. The zero-order valence-corrected chi connectivity index (χ0v) is 20.3. The first-order chi connectivity index (χ1) is 14.7. The molecule has 4 rings (SSSR count). The molecule has 2 heterocycles. The van der Waals surface area contributed by atoms with Gasteiger partial charge in [0, 0.05) is 38.2 Å². The molecule has 2 aliphatic rings. The van der Waals surface area contributed by atoms with Crippen LogP contribution in [0.4, 0.5) is 0 Å². The highest BCUT2D eigenvalue weighted by Gasteiger charge is 2.17. The second-order valence-corrected chi connectivity index (χ2v) is 7.62. The molecule has 168 valence electrons. The predicted octanol–water partition coefficient (Wildman–Crippen LogP) is 3.62. The molecule has 2 aliphatic heterocycles. The lowest BCUT2D eigenvalue weighted by Crippen LogP contribution is -2.36. The van der Waals surface area contributed by atoms with Crippen LogP contribution >= 0.6 is 24.0 Å². The summed E-state index contributed by atoms with van der Waals surface area (Å²) in [7, 11) is 1.77. The van der Waals surface area contributed by atoms with E-state index in [0.29, 0.717) is 25.6 Å². The van der Waals surface area contributed by atoms with E-state index in [2.05, 4.69) is 40.7 Å². The summed E-state index contributed by atoms with van der Waals surface area (Å²) in [5, 5.41) is 6.71. The van der Waals surface area contributed by atoms with Crippen LogP contribution in [0.25, 0.3) is 0 Å². The van der Waals surface area contributed by atoms with E-state index in [-0.39, 0.29) is 30.8 Å². The third-order valence-corrected chi connectivity index (χ3v) is 5.29. The van der Waals surface area contributed by atoms with Crippen molar-refractivity contribution < 1.29 is 18.9 Å². The zero-order chi connectivity index (χ0) is 20.8. The SMILES string of the molecule is CN=C(NCc1ccc2c(c1)OCO2)NCc1ccc(C)cc1OCC1CCOC1.I. The van der Waals surface area contributed by atoms with Crippen LogP contribution in [0.15, 0.2) is 41.4 Å². The number of nitrogens with zero attached hydrogens (tertiary/aromatic N) is 1. The minimum Gasteiger partial charge on any atom is -0.493 e. The first-order valence-electron chi connectivity index (χ1n) is 10.3. The number of guanidine groups is 1. The summed E-state index contributed by atoms with van der Waals surface area (Å²) >= 11 is 0. The van der Waals surface area contributed by atoms with Crippen LogP contribution in [0.3, 0.4) is 0 Å². The van der Waals surface area contributed by atoms with Crippen molar-refractivity contribution in [2.45, 2.75) is 26.4 Å². The lowest BCUT2D eigenvalue weighted by Gasteiger charge is -2.17. The second kappa shape index (κ2) is 11.4. The molecule has 1 atom stereocenters. The number of halogens is 1. The lowest BCUT2D eigenvalue weighted by molar-refractivity contribution is 0.166. The molecule has 8 heteroatoms. The molecule has 0 bridgehead atoms. The van der Waals surface area contributed by atoms with Gasteiger partial charge in [-0.25, -0.2) is 0 Å². The minimum atomic E-state index is 0. The molecule has 2 N–H and O–H groups in total. The number of nitrogens with one attached hydrogen (secondary N) is 2. The Bertz CT molecular complexity index is 900. The van der Waals surface area contributed by atoms with Crippen LogP contribution in [0.5, 0.6) is 17.2 Å². The highest BCUT2D eigenvalue weighted by atomic mass is 127. The maximum Gasteiger partial charge on any atom is 0.231 e. The molecular weight excluding hydrogens is 509 g/mol.